The van der Waals surface area contributed by atoms with Gasteiger partial charge >= 0.3 is 12.1 Å². The molecular formula is C30H30N2O6. The van der Waals surface area contributed by atoms with Crippen molar-refractivity contribution in [3.8, 4) is 11.1 Å². The van der Waals surface area contributed by atoms with Gasteiger partial charge in [0.15, 0.2) is 6.10 Å². The van der Waals surface area contributed by atoms with Gasteiger partial charge in [-0.15, -0.1) is 0 Å². The quantitative estimate of drug-likeness (QED) is 0.444. The molecule has 196 valence electrons. The van der Waals surface area contributed by atoms with E-state index in [-0.39, 0.29) is 37.9 Å². The summed E-state index contributed by atoms with van der Waals surface area (Å²) < 4.78 is 11.4. The number of rotatable bonds is 9. The Bertz CT molecular complexity index is 1270. The highest BCUT2D eigenvalue weighted by atomic mass is 16.6. The van der Waals surface area contributed by atoms with Crippen molar-refractivity contribution in [3.05, 3.63) is 95.6 Å². The van der Waals surface area contributed by atoms with Gasteiger partial charge in [-0.05, 0) is 34.2 Å². The zero-order valence-corrected chi connectivity index (χ0v) is 20.9. The molecule has 3 aromatic carbocycles. The van der Waals surface area contributed by atoms with Crippen molar-refractivity contribution < 1.29 is 29.0 Å². The number of amides is 2. The number of benzene rings is 3. The maximum atomic E-state index is 13.4. The Hall–Kier alpha value is -4.17. The van der Waals surface area contributed by atoms with Crippen LogP contribution in [0.3, 0.4) is 0 Å². The zero-order valence-electron chi connectivity index (χ0n) is 20.9. The molecule has 0 bridgehead atoms. The molecule has 2 atom stereocenters. The smallest absolute Gasteiger partial charge is 0.407 e. The lowest BCUT2D eigenvalue weighted by atomic mass is 9.98. The Kier molecular flexibility index (Phi) is 7.70. The summed E-state index contributed by atoms with van der Waals surface area (Å²) in [6.07, 6.45) is -1.25. The molecule has 2 N–H and O–H groups in total. The van der Waals surface area contributed by atoms with Crippen molar-refractivity contribution in [1.82, 2.24) is 10.2 Å². The van der Waals surface area contributed by atoms with Gasteiger partial charge in [0.05, 0.1) is 12.5 Å². The fourth-order valence-electron chi connectivity index (χ4n) is 5.25. The van der Waals surface area contributed by atoms with E-state index in [1.807, 2.05) is 54.6 Å². The molecule has 8 nitrogen and oxygen atoms in total. The predicted molar refractivity (Wildman–Crippen MR) is 140 cm³/mol. The lowest BCUT2D eigenvalue weighted by molar-refractivity contribution is -0.144. The molecule has 2 aliphatic rings. The number of hydrogen-bond donors (Lipinski definition) is 2. The summed E-state index contributed by atoms with van der Waals surface area (Å²) in [5, 5.41) is 12.0. The van der Waals surface area contributed by atoms with Crippen LogP contribution in [0, 0.1) is 0 Å². The molecule has 2 amide bonds. The zero-order chi connectivity index (χ0) is 26.5. The van der Waals surface area contributed by atoms with Gasteiger partial charge in [-0.25, -0.2) is 4.79 Å². The summed E-state index contributed by atoms with van der Waals surface area (Å²) in [6, 6.07) is 25.0. The molecule has 5 rings (SSSR count). The standard InChI is InChI=1S/C30H30N2O6/c33-27(34)14-16-32(18-20-8-2-1-3-9-20)29(35)28-26(15-17-37-28)31-30(36)38-19-25-23-12-6-4-10-21(23)22-11-5-7-13-24(22)25/h1-13,25-26,28H,14-19H2,(H,31,36)(H,33,34). The van der Waals surface area contributed by atoms with Crippen LogP contribution in [-0.4, -0.2) is 59.9 Å². The highest BCUT2D eigenvalue weighted by Gasteiger charge is 2.38. The average Bonchev–Trinajstić information content (AvgIpc) is 3.52. The van der Waals surface area contributed by atoms with E-state index in [1.54, 1.807) is 0 Å². The number of nitrogens with one attached hydrogen (secondary N) is 1. The van der Waals surface area contributed by atoms with E-state index in [4.69, 9.17) is 9.47 Å². The molecule has 1 aliphatic heterocycles. The first-order valence-electron chi connectivity index (χ1n) is 12.8. The summed E-state index contributed by atoms with van der Waals surface area (Å²) in [7, 11) is 0. The third kappa shape index (κ3) is 5.55. The maximum absolute atomic E-state index is 13.4. The number of aliphatic carboxylic acids is 1. The molecule has 2 unspecified atom stereocenters. The van der Waals surface area contributed by atoms with Gasteiger partial charge < -0.3 is 24.8 Å². The van der Waals surface area contributed by atoms with E-state index in [1.165, 1.54) is 4.90 Å². The summed E-state index contributed by atoms with van der Waals surface area (Å²) in [4.78, 5) is 38.9. The molecule has 8 heteroatoms. The molecule has 1 heterocycles. The van der Waals surface area contributed by atoms with Crippen LogP contribution in [0.5, 0.6) is 0 Å². The van der Waals surface area contributed by atoms with Crippen LogP contribution in [0.1, 0.15) is 35.4 Å². The number of ether oxygens (including phenoxy) is 2. The molecule has 1 fully saturated rings. The third-order valence-electron chi connectivity index (χ3n) is 7.11. The largest absolute Gasteiger partial charge is 0.481 e. The minimum absolute atomic E-state index is 0.0422. The van der Waals surface area contributed by atoms with Crippen LogP contribution in [0.25, 0.3) is 11.1 Å². The molecule has 3 aromatic rings. The van der Waals surface area contributed by atoms with Crippen LogP contribution in [0.4, 0.5) is 4.79 Å². The van der Waals surface area contributed by atoms with Crippen molar-refractivity contribution in [2.75, 3.05) is 19.8 Å². The summed E-state index contributed by atoms with van der Waals surface area (Å²) in [6.45, 7) is 0.776. The molecule has 0 aromatic heterocycles. The van der Waals surface area contributed by atoms with Crippen LogP contribution in [0.15, 0.2) is 78.9 Å². The minimum atomic E-state index is -0.989. The summed E-state index contributed by atoms with van der Waals surface area (Å²) in [5.41, 5.74) is 5.41. The van der Waals surface area contributed by atoms with Gasteiger partial charge in [-0.1, -0.05) is 78.9 Å². The Labute approximate surface area is 221 Å². The molecular weight excluding hydrogens is 484 g/mol. The van der Waals surface area contributed by atoms with E-state index in [2.05, 4.69) is 29.6 Å². The average molecular weight is 515 g/mol. The first kappa shape index (κ1) is 25.5. The first-order valence-corrected chi connectivity index (χ1v) is 12.8. The minimum Gasteiger partial charge on any atom is -0.481 e. The molecule has 0 spiro atoms. The van der Waals surface area contributed by atoms with E-state index in [0.29, 0.717) is 13.0 Å². The number of hydrogen-bond acceptors (Lipinski definition) is 5. The number of carbonyl (C=O) groups is 3. The Balaban J connectivity index is 1.23. The third-order valence-corrected chi connectivity index (χ3v) is 7.11. The van der Waals surface area contributed by atoms with Gasteiger partial charge in [-0.3, -0.25) is 9.59 Å². The Morgan fingerprint density at radius 1 is 0.921 bits per heavy atom. The topological polar surface area (TPSA) is 105 Å². The molecule has 0 saturated carbocycles. The second kappa shape index (κ2) is 11.5. The monoisotopic (exact) mass is 514 g/mol. The second-order valence-electron chi connectivity index (χ2n) is 9.55. The van der Waals surface area contributed by atoms with Crippen molar-refractivity contribution in [2.45, 2.75) is 37.5 Å². The SMILES string of the molecule is O=C(O)CCN(Cc1ccccc1)C(=O)C1OCCC1NC(=O)OCC1c2ccccc2-c2ccccc21. The van der Waals surface area contributed by atoms with Crippen LogP contribution in [0.2, 0.25) is 0 Å². The van der Waals surface area contributed by atoms with E-state index in [9.17, 15) is 19.5 Å². The number of carboxylic acids is 1. The van der Waals surface area contributed by atoms with Crippen molar-refractivity contribution in [1.29, 1.82) is 0 Å². The lowest BCUT2D eigenvalue weighted by Gasteiger charge is -2.28. The molecule has 0 radical (unpaired) electrons. The van der Waals surface area contributed by atoms with E-state index < -0.39 is 24.2 Å². The highest BCUT2D eigenvalue weighted by molar-refractivity contribution is 5.83. The number of carbonyl (C=O) groups excluding carboxylic acids is 2. The van der Waals surface area contributed by atoms with Gasteiger partial charge in [0.1, 0.15) is 6.61 Å². The van der Waals surface area contributed by atoms with Crippen molar-refractivity contribution >= 4 is 18.0 Å². The van der Waals surface area contributed by atoms with Gasteiger partial charge in [-0.2, -0.15) is 0 Å². The number of fused-ring (bicyclic) bond motifs is 3. The number of alkyl carbamates (subject to hydrolysis) is 1. The van der Waals surface area contributed by atoms with Gasteiger partial charge in [0.2, 0.25) is 0 Å². The van der Waals surface area contributed by atoms with E-state index in [0.717, 1.165) is 27.8 Å². The maximum Gasteiger partial charge on any atom is 0.407 e. The Morgan fingerprint density at radius 3 is 2.21 bits per heavy atom. The van der Waals surface area contributed by atoms with E-state index >= 15 is 0 Å². The fraction of sp³-hybridized carbons (Fsp3) is 0.300. The molecule has 1 aliphatic carbocycles. The molecule has 38 heavy (non-hydrogen) atoms. The first-order chi connectivity index (χ1) is 18.5. The molecule has 1 saturated heterocycles. The Morgan fingerprint density at radius 2 is 1.55 bits per heavy atom. The fourth-order valence-corrected chi connectivity index (χ4v) is 5.25. The highest BCUT2D eigenvalue weighted by Crippen LogP contribution is 2.44. The predicted octanol–water partition coefficient (Wildman–Crippen LogP) is 4.19. The van der Waals surface area contributed by atoms with Crippen LogP contribution < -0.4 is 5.32 Å². The van der Waals surface area contributed by atoms with Gasteiger partial charge in [0, 0.05) is 25.6 Å². The summed E-state index contributed by atoms with van der Waals surface area (Å²) in [5.74, 6) is -1.41. The normalized spacial score (nSPS) is 17.9. The second-order valence-corrected chi connectivity index (χ2v) is 9.55. The number of nitrogens with zero attached hydrogens (tertiary/aromatic N) is 1. The summed E-state index contributed by atoms with van der Waals surface area (Å²) >= 11 is 0. The van der Waals surface area contributed by atoms with Crippen molar-refractivity contribution in [3.63, 3.8) is 0 Å². The number of carboxylic acid groups (broad SMARTS) is 1. The van der Waals surface area contributed by atoms with Crippen LogP contribution in [-0.2, 0) is 25.6 Å². The van der Waals surface area contributed by atoms with Crippen molar-refractivity contribution in [2.24, 2.45) is 0 Å². The van der Waals surface area contributed by atoms with Gasteiger partial charge in [0.25, 0.3) is 5.91 Å². The van der Waals surface area contributed by atoms with Crippen LogP contribution >= 0.6 is 0 Å². The lowest BCUT2D eigenvalue weighted by Crippen LogP contribution is -2.50.